The van der Waals surface area contributed by atoms with Crippen molar-refractivity contribution in [2.75, 3.05) is 52.9 Å². The first-order valence-corrected chi connectivity index (χ1v) is 32.5. The number of aliphatic carboxylic acids is 1. The largest absolute Gasteiger partial charge is 0.477 e. The number of hydrogen-bond acceptors (Lipinski definition) is 42. The van der Waals surface area contributed by atoms with Crippen molar-refractivity contribution in [3.05, 3.63) is 0 Å². The number of carbonyl (C=O) groups is 4. The Morgan fingerprint density at radius 1 is 0.437 bits per heavy atom. The Kier molecular flexibility index (Phi) is 31.7. The lowest BCUT2D eigenvalue weighted by Gasteiger charge is -2.51. The number of carboxylic acid groups (broad SMARTS) is 1. The van der Waals surface area contributed by atoms with Crippen LogP contribution in [0.1, 0.15) is 34.1 Å². The van der Waals surface area contributed by atoms with Crippen molar-refractivity contribution in [1.29, 1.82) is 0 Å². The van der Waals surface area contributed by atoms with Crippen LogP contribution in [0.3, 0.4) is 0 Å². The predicted molar refractivity (Wildman–Crippen MR) is 317 cm³/mol. The topological polar surface area (TPSA) is 739 Å². The maximum Gasteiger partial charge on any atom is 0.364 e. The van der Waals surface area contributed by atoms with Crippen LogP contribution in [0, 0.1) is 0 Å². The molecule has 0 unspecified atom stereocenters. The minimum atomic E-state index is -3.06. The van der Waals surface area contributed by atoms with E-state index in [0.717, 1.165) is 20.8 Å². The SMILES string of the molecule is CC(=O)N[C@H]1[C@H](O[C@H]2[C@@H](O)[C@@H](CO[C@@H]3O[C@H](CO)[C@@H](O[C@@H]4O[C@H](CO)[C@H](O)[C@H](O)[C@H]4O)[C@H](O[C@@H]4O[C@@H](C)[C@@H](O)[C@@H](O)[C@@H]4O)[C@H]3NC(C)=O)O[C@@H](O[C@@H]([C@H](O)[C@@H](O)CO)[C@H](O)CO)[C@@H]2O)O[C@H](CO)[C@@H](O[C@@H]2O[C@H](CO[C@]3(C(=O)O)C[C@H](O)[C@@H](NC(C)=O)[C@H]([C@H](O)[C@H](O)CO)O3)[C@H](O)[C@H](O)[C@H]2O)[C@@H]1O. The Morgan fingerprint density at radius 3 is 1.43 bits per heavy atom. The first-order chi connectivity index (χ1) is 48.4. The van der Waals surface area contributed by atoms with Crippen LogP contribution in [0.4, 0.5) is 0 Å². The Bertz CT molecular complexity index is 2670. The fraction of sp³-hybridized carbons (Fsp3) is 0.930. The van der Waals surface area contributed by atoms with Gasteiger partial charge in [-0.15, -0.1) is 0 Å². The standard InChI is InChI=1S/C57H97N3O43/c1-14-30(74)37(81)40(84)52(92-14)101-48-29(60-17(4)69)50(94-24(11-66)46(48)100-53-41(85)38(82)33(77)22(9-64)93-53)90-12-25-35(79)49(43(87)55(96-25)98-44(21(73)8-63)31(75)19(71)6-61)102-51-28(59-16(3)68)36(80)45(23(10-65)95-51)99-54-42(86)39(83)34(78)26(97-54)13-91-57(56(88)89)5-18(70)27(58-15(2)67)47(103-57)32(76)20(72)7-62/h14,18-55,61-66,70-87H,5-13H2,1-4H3,(H,58,67)(H,59,68)(H,60,69)(H,88,89)/t14-,18-,19-,20+,21+,22+,23+,24+,25+,26+,27+,28+,29+,30+,31+,32+,33-,34-,35-,36+,37+,38-,39-,40-,41+,42+,43+,44+,45+,46+,47+,48+,49-,50+,51-,52-,53-,54-,55-,57+/m0/s1. The van der Waals surface area contributed by atoms with Gasteiger partial charge in [0.05, 0.1) is 71.1 Å². The zero-order chi connectivity index (χ0) is 76.7. The molecule has 7 saturated heterocycles. The fourth-order valence-corrected chi connectivity index (χ4v) is 12.7. The van der Waals surface area contributed by atoms with E-state index in [0.29, 0.717) is 0 Å². The lowest BCUT2D eigenvalue weighted by molar-refractivity contribution is -0.383. The minimum Gasteiger partial charge on any atom is -0.477 e. The molecule has 0 saturated carbocycles. The van der Waals surface area contributed by atoms with E-state index in [1.807, 2.05) is 0 Å². The zero-order valence-electron chi connectivity index (χ0n) is 55.4. The van der Waals surface area contributed by atoms with E-state index in [4.69, 9.17) is 66.3 Å². The Labute approximate surface area is 583 Å². The molecule has 0 aliphatic carbocycles. The highest BCUT2D eigenvalue weighted by Crippen LogP contribution is 2.39. The van der Waals surface area contributed by atoms with Crippen molar-refractivity contribution >= 4 is 23.7 Å². The van der Waals surface area contributed by atoms with E-state index in [9.17, 15) is 147 Å². The second-order valence-electron chi connectivity index (χ2n) is 25.8. The summed E-state index contributed by atoms with van der Waals surface area (Å²) in [4.78, 5) is 51.2. The second kappa shape index (κ2) is 37.7. The summed E-state index contributed by atoms with van der Waals surface area (Å²) in [5.41, 5.74) is 0. The molecule has 0 bridgehead atoms. The summed E-state index contributed by atoms with van der Waals surface area (Å²) in [5.74, 6) is -7.88. The van der Waals surface area contributed by atoms with Gasteiger partial charge in [-0.05, 0) is 6.92 Å². The summed E-state index contributed by atoms with van der Waals surface area (Å²) < 4.78 is 82.2. The lowest BCUT2D eigenvalue weighted by atomic mass is 9.88. The molecule has 28 N–H and O–H groups in total. The van der Waals surface area contributed by atoms with Crippen LogP contribution >= 0.6 is 0 Å². The zero-order valence-corrected chi connectivity index (χ0v) is 55.4. The van der Waals surface area contributed by atoms with Crippen LogP contribution in [0.5, 0.6) is 0 Å². The molecule has 7 aliphatic rings. The summed E-state index contributed by atoms with van der Waals surface area (Å²) >= 11 is 0. The number of aliphatic hydroxyl groups is 24. The number of carbonyl (C=O) groups excluding carboxylic acids is 3. The lowest BCUT2D eigenvalue weighted by Crippen LogP contribution is -2.70. The Balaban J connectivity index is 1.19. The molecule has 0 aromatic heterocycles. The molecule has 598 valence electrons. The highest BCUT2D eigenvalue weighted by Gasteiger charge is 2.61. The van der Waals surface area contributed by atoms with Gasteiger partial charge in [-0.3, -0.25) is 14.4 Å². The van der Waals surface area contributed by atoms with Crippen LogP contribution in [0.25, 0.3) is 0 Å². The van der Waals surface area contributed by atoms with Gasteiger partial charge >= 0.3 is 5.97 Å². The van der Waals surface area contributed by atoms with Crippen molar-refractivity contribution in [3.63, 3.8) is 0 Å². The maximum atomic E-state index is 13.2. The minimum absolute atomic E-state index is 0.829. The number of amides is 3. The maximum absolute atomic E-state index is 13.2. The molecular formula is C57H97N3O43. The van der Waals surface area contributed by atoms with Gasteiger partial charge < -0.3 is 210 Å². The molecule has 46 nitrogen and oxygen atoms in total. The summed E-state index contributed by atoms with van der Waals surface area (Å²) in [6, 6.07) is -5.58. The molecule has 3 amide bonds. The van der Waals surface area contributed by atoms with Crippen molar-refractivity contribution in [3.8, 4) is 0 Å². The number of carboxylic acids is 1. The smallest absolute Gasteiger partial charge is 0.364 e. The molecule has 0 spiro atoms. The Hall–Kier alpha value is -3.64. The van der Waals surface area contributed by atoms with E-state index >= 15 is 0 Å². The van der Waals surface area contributed by atoms with Crippen molar-refractivity contribution in [1.82, 2.24) is 16.0 Å². The van der Waals surface area contributed by atoms with Crippen LogP contribution in [-0.2, 0) is 85.5 Å². The molecule has 0 radical (unpaired) electrons. The first-order valence-electron chi connectivity index (χ1n) is 32.5. The van der Waals surface area contributed by atoms with Crippen molar-refractivity contribution in [2.45, 2.75) is 279 Å². The number of hydrogen-bond donors (Lipinski definition) is 28. The van der Waals surface area contributed by atoms with Crippen LogP contribution in [0.15, 0.2) is 0 Å². The molecular weight excluding hydrogens is 1410 g/mol. The van der Waals surface area contributed by atoms with E-state index in [1.165, 1.54) is 6.92 Å². The number of ether oxygens (including phenoxy) is 14. The first kappa shape index (κ1) is 86.6. The molecule has 7 rings (SSSR count). The monoisotopic (exact) mass is 1510 g/mol. The normalized spacial score (nSPS) is 45.1. The second-order valence-corrected chi connectivity index (χ2v) is 25.8. The van der Waals surface area contributed by atoms with Crippen LogP contribution in [0.2, 0.25) is 0 Å². The fourth-order valence-electron chi connectivity index (χ4n) is 12.7. The Morgan fingerprint density at radius 2 is 0.883 bits per heavy atom. The molecule has 46 heteroatoms. The third kappa shape index (κ3) is 19.7. The van der Waals surface area contributed by atoms with E-state index < -0.39 is 328 Å². The van der Waals surface area contributed by atoms with Crippen LogP contribution < -0.4 is 16.0 Å². The van der Waals surface area contributed by atoms with Gasteiger partial charge in [0.15, 0.2) is 37.7 Å². The summed E-state index contributed by atoms with van der Waals surface area (Å²) in [6.07, 6.45) is -76.9. The molecule has 40 atom stereocenters. The highest BCUT2D eigenvalue weighted by atomic mass is 16.8. The predicted octanol–water partition coefficient (Wildman–Crippen LogP) is -18.2. The third-order valence-corrected chi connectivity index (χ3v) is 18.4. The number of aliphatic hydroxyl groups excluding tert-OH is 24. The van der Waals surface area contributed by atoms with E-state index in [1.54, 1.807) is 0 Å². The van der Waals surface area contributed by atoms with Gasteiger partial charge in [-0.25, -0.2) is 4.79 Å². The molecule has 7 aliphatic heterocycles. The summed E-state index contributed by atoms with van der Waals surface area (Å²) in [6.45, 7) is -5.26. The van der Waals surface area contributed by atoms with Gasteiger partial charge in [0.1, 0.15) is 183 Å². The molecule has 103 heavy (non-hydrogen) atoms. The third-order valence-electron chi connectivity index (χ3n) is 18.4. The van der Waals surface area contributed by atoms with Crippen molar-refractivity contribution in [2.24, 2.45) is 0 Å². The average molecular weight is 1510 g/mol. The summed E-state index contributed by atoms with van der Waals surface area (Å²) in [7, 11) is 0. The van der Waals surface area contributed by atoms with Gasteiger partial charge in [-0.1, -0.05) is 0 Å². The molecule has 7 heterocycles. The molecule has 0 aromatic rings. The highest BCUT2D eigenvalue weighted by molar-refractivity contribution is 5.77. The summed E-state index contributed by atoms with van der Waals surface area (Å²) in [5, 5.41) is 278. The van der Waals surface area contributed by atoms with Gasteiger partial charge in [0.2, 0.25) is 17.7 Å². The average Bonchev–Trinajstić information content (AvgIpc) is 0.772. The van der Waals surface area contributed by atoms with Gasteiger partial charge in [0.25, 0.3) is 5.79 Å². The van der Waals surface area contributed by atoms with E-state index in [-0.39, 0.29) is 0 Å². The number of nitrogens with one attached hydrogen (secondary N) is 3. The van der Waals surface area contributed by atoms with Crippen molar-refractivity contribution < 1.29 is 213 Å². The quantitative estimate of drug-likeness (QED) is 0.0306. The van der Waals surface area contributed by atoms with Gasteiger partial charge in [-0.2, -0.15) is 0 Å². The van der Waals surface area contributed by atoms with Gasteiger partial charge in [0, 0.05) is 27.2 Å². The molecule has 0 aromatic carbocycles. The van der Waals surface area contributed by atoms with Crippen LogP contribution in [-0.4, -0.2) is 449 Å². The number of rotatable bonds is 31. The molecule has 7 fully saturated rings. The van der Waals surface area contributed by atoms with E-state index in [2.05, 4.69) is 16.0 Å².